The Kier molecular flexibility index (Phi) is 54.4. The number of unbranched alkanes of at least 4 members (excludes halogenated alkanes) is 47. The van der Waals surface area contributed by atoms with Crippen LogP contribution in [0.2, 0.25) is 0 Å². The normalized spacial score (nSPS) is 13.8. The summed E-state index contributed by atoms with van der Waals surface area (Å²) in [5, 5.41) is 13.9. The first-order chi connectivity index (χ1) is 35.0. The molecule has 3 unspecified atom stereocenters. The van der Waals surface area contributed by atoms with Crippen LogP contribution >= 0.6 is 7.82 Å². The van der Waals surface area contributed by atoms with Gasteiger partial charge >= 0.3 is 0 Å². The van der Waals surface area contributed by atoms with Gasteiger partial charge in [-0.3, -0.25) is 9.36 Å². The Morgan fingerprint density at radius 2 is 0.750 bits per heavy atom. The van der Waals surface area contributed by atoms with E-state index in [-0.39, 0.29) is 19.1 Å². The van der Waals surface area contributed by atoms with Crippen LogP contribution in [0.25, 0.3) is 0 Å². The van der Waals surface area contributed by atoms with Crippen LogP contribution in [0, 0.1) is 0 Å². The van der Waals surface area contributed by atoms with Gasteiger partial charge in [0, 0.05) is 6.42 Å². The number of carbonyl (C=O) groups is 1. The number of nitrogens with one attached hydrogen (secondary N) is 1. The van der Waals surface area contributed by atoms with Gasteiger partial charge in [0.1, 0.15) is 13.2 Å². The van der Waals surface area contributed by atoms with Crippen LogP contribution < -0.4 is 10.2 Å². The Hall–Kier alpha value is -0.760. The van der Waals surface area contributed by atoms with Crippen molar-refractivity contribution in [3.63, 3.8) is 0 Å². The summed E-state index contributed by atoms with van der Waals surface area (Å²) in [5.74, 6) is -0.189. The molecular formula is C63H127N2O6P. The highest BCUT2D eigenvalue weighted by molar-refractivity contribution is 7.45. The third-order valence-electron chi connectivity index (χ3n) is 15.0. The number of hydrogen-bond donors (Lipinski definition) is 2. The lowest BCUT2D eigenvalue weighted by atomic mass is 10.0. The number of phosphoric ester groups is 1. The number of amides is 1. The monoisotopic (exact) mass is 1040 g/mol. The number of nitrogens with zero attached hydrogens (tertiary/aromatic N) is 1. The van der Waals surface area contributed by atoms with Crippen LogP contribution in [0.1, 0.15) is 335 Å². The predicted molar refractivity (Wildman–Crippen MR) is 312 cm³/mol. The zero-order valence-electron chi connectivity index (χ0n) is 49.2. The molecule has 430 valence electrons. The van der Waals surface area contributed by atoms with Gasteiger partial charge in [0.25, 0.3) is 7.82 Å². The van der Waals surface area contributed by atoms with E-state index in [0.29, 0.717) is 17.4 Å². The number of aliphatic hydroxyl groups excluding tert-OH is 1. The molecular weight excluding hydrogens is 912 g/mol. The Morgan fingerprint density at radius 1 is 0.472 bits per heavy atom. The van der Waals surface area contributed by atoms with E-state index in [1.54, 1.807) is 6.08 Å². The van der Waals surface area contributed by atoms with Gasteiger partial charge < -0.3 is 28.8 Å². The van der Waals surface area contributed by atoms with Crippen molar-refractivity contribution in [3.05, 3.63) is 12.2 Å². The molecule has 0 fully saturated rings. The van der Waals surface area contributed by atoms with Crippen LogP contribution in [0.4, 0.5) is 0 Å². The molecule has 0 bridgehead atoms. The summed E-state index contributed by atoms with van der Waals surface area (Å²) in [5.41, 5.74) is 0. The van der Waals surface area contributed by atoms with E-state index < -0.39 is 20.0 Å². The molecule has 3 atom stereocenters. The van der Waals surface area contributed by atoms with Crippen molar-refractivity contribution in [1.82, 2.24) is 5.32 Å². The molecule has 0 saturated heterocycles. The van der Waals surface area contributed by atoms with Gasteiger partial charge in [0.15, 0.2) is 0 Å². The highest BCUT2D eigenvalue weighted by atomic mass is 31.2. The Balaban J connectivity index is 4.09. The van der Waals surface area contributed by atoms with E-state index >= 15 is 0 Å². The van der Waals surface area contributed by atoms with Gasteiger partial charge in [-0.25, -0.2) is 0 Å². The molecule has 9 heteroatoms. The smallest absolute Gasteiger partial charge is 0.268 e. The summed E-state index contributed by atoms with van der Waals surface area (Å²) in [7, 11) is 1.28. The first-order valence-corrected chi connectivity index (χ1v) is 33.5. The second-order valence-electron chi connectivity index (χ2n) is 23.5. The topological polar surface area (TPSA) is 108 Å². The first kappa shape index (κ1) is 71.2. The van der Waals surface area contributed by atoms with Gasteiger partial charge in [-0.15, -0.1) is 0 Å². The zero-order chi connectivity index (χ0) is 52.7. The van der Waals surface area contributed by atoms with Gasteiger partial charge in [0.2, 0.25) is 5.91 Å². The Labute approximate surface area is 450 Å². The van der Waals surface area contributed by atoms with E-state index in [1.165, 1.54) is 276 Å². The largest absolute Gasteiger partial charge is 0.756 e. The second kappa shape index (κ2) is 55.0. The van der Waals surface area contributed by atoms with E-state index in [2.05, 4.69) is 19.2 Å². The molecule has 0 saturated carbocycles. The number of quaternary nitrogens is 1. The third-order valence-corrected chi connectivity index (χ3v) is 16.0. The lowest BCUT2D eigenvalue weighted by Gasteiger charge is -2.29. The minimum Gasteiger partial charge on any atom is -0.756 e. The van der Waals surface area contributed by atoms with E-state index in [9.17, 15) is 19.4 Å². The summed E-state index contributed by atoms with van der Waals surface area (Å²) in [4.78, 5) is 25.6. The van der Waals surface area contributed by atoms with Crippen LogP contribution in [0.15, 0.2) is 12.2 Å². The van der Waals surface area contributed by atoms with Gasteiger partial charge in [0.05, 0.1) is 39.9 Å². The number of aliphatic hydroxyl groups is 1. The van der Waals surface area contributed by atoms with Gasteiger partial charge in [-0.1, -0.05) is 321 Å². The molecule has 0 aromatic rings. The number of allylic oxidation sites excluding steroid dienone is 1. The van der Waals surface area contributed by atoms with Crippen molar-refractivity contribution < 1.29 is 32.9 Å². The van der Waals surface area contributed by atoms with Crippen molar-refractivity contribution >= 4 is 13.7 Å². The molecule has 0 aliphatic heterocycles. The third kappa shape index (κ3) is 57.0. The molecule has 2 N–H and O–H groups in total. The van der Waals surface area contributed by atoms with E-state index in [0.717, 1.165) is 38.5 Å². The lowest BCUT2D eigenvalue weighted by molar-refractivity contribution is -0.870. The summed E-state index contributed by atoms with van der Waals surface area (Å²) in [6.07, 6.45) is 68.8. The minimum atomic E-state index is -4.60. The summed E-state index contributed by atoms with van der Waals surface area (Å²) in [6.45, 7) is 4.71. The fourth-order valence-electron chi connectivity index (χ4n) is 9.98. The van der Waals surface area contributed by atoms with Crippen molar-refractivity contribution in [2.24, 2.45) is 0 Å². The predicted octanol–water partition coefficient (Wildman–Crippen LogP) is 19.1. The molecule has 72 heavy (non-hydrogen) atoms. The fraction of sp³-hybridized carbons (Fsp3) is 0.952. The van der Waals surface area contributed by atoms with Crippen molar-refractivity contribution in [3.8, 4) is 0 Å². The molecule has 8 nitrogen and oxygen atoms in total. The number of phosphoric acid groups is 1. The summed E-state index contributed by atoms with van der Waals surface area (Å²) in [6, 6.07) is -0.883. The van der Waals surface area contributed by atoms with Crippen LogP contribution in [0.3, 0.4) is 0 Å². The average molecular weight is 1040 g/mol. The number of rotatable bonds is 60. The molecule has 0 aliphatic rings. The summed E-state index contributed by atoms with van der Waals surface area (Å²) < 4.78 is 23.4. The molecule has 0 rings (SSSR count). The second-order valence-corrected chi connectivity index (χ2v) is 24.9. The van der Waals surface area contributed by atoms with E-state index in [1.807, 2.05) is 27.2 Å². The fourth-order valence-corrected chi connectivity index (χ4v) is 10.7. The average Bonchev–Trinajstić information content (AvgIpc) is 3.34. The highest BCUT2D eigenvalue weighted by Gasteiger charge is 2.23. The molecule has 0 radical (unpaired) electrons. The van der Waals surface area contributed by atoms with Crippen molar-refractivity contribution in [2.45, 2.75) is 347 Å². The Morgan fingerprint density at radius 3 is 1.04 bits per heavy atom. The van der Waals surface area contributed by atoms with Crippen molar-refractivity contribution in [2.75, 3.05) is 40.9 Å². The molecule has 0 aliphatic carbocycles. The Bertz CT molecular complexity index is 1180. The number of hydrogen-bond acceptors (Lipinski definition) is 6. The molecule has 1 amide bonds. The van der Waals surface area contributed by atoms with Gasteiger partial charge in [-0.2, -0.15) is 0 Å². The van der Waals surface area contributed by atoms with Crippen LogP contribution in [0.5, 0.6) is 0 Å². The van der Waals surface area contributed by atoms with Crippen molar-refractivity contribution in [1.29, 1.82) is 0 Å². The lowest BCUT2D eigenvalue weighted by Crippen LogP contribution is -2.45. The van der Waals surface area contributed by atoms with E-state index in [4.69, 9.17) is 9.05 Å². The molecule has 0 spiro atoms. The highest BCUT2D eigenvalue weighted by Crippen LogP contribution is 2.38. The maximum atomic E-state index is 13.0. The maximum Gasteiger partial charge on any atom is 0.268 e. The van der Waals surface area contributed by atoms with Crippen LogP contribution in [-0.4, -0.2) is 68.5 Å². The minimum absolute atomic E-state index is 0.00286. The quantitative estimate of drug-likeness (QED) is 0.0272. The van der Waals surface area contributed by atoms with Gasteiger partial charge in [-0.05, 0) is 19.3 Å². The molecule has 0 heterocycles. The first-order valence-electron chi connectivity index (χ1n) is 32.1. The molecule has 0 aromatic carbocycles. The number of carbonyl (C=O) groups excluding carboxylic acids is 1. The molecule has 0 aromatic heterocycles. The zero-order valence-corrected chi connectivity index (χ0v) is 50.1. The maximum absolute atomic E-state index is 13.0. The van der Waals surface area contributed by atoms with Crippen LogP contribution in [-0.2, 0) is 18.4 Å². The standard InChI is InChI=1S/C63H127N2O6P/c1-6-8-10-12-14-16-18-20-22-24-26-28-29-30-31-32-33-34-35-37-38-40-42-44-46-48-50-52-54-56-62(66)61(60-71-72(68,69)70-59-58-65(3,4)5)64-63(67)57-55-53-51-49-47-45-43-41-39-36-27-25-23-21-19-17-15-13-11-9-7-2/h54,56,61-62,66H,6-53,55,57-60H2,1-5H3,(H-,64,67,68,69)/b56-54+. The SMILES string of the molecule is CCCCCCCCCCCCCCCCCCCCCCCCCCCCC/C=C/C(O)C(COP(=O)([O-])OCC[N+](C)(C)C)NC(=O)CCCCCCCCCCCCCCCCCCCCCCC. The number of likely N-dealkylation sites (N-methyl/N-ethyl adjacent to an activating group) is 1. The summed E-state index contributed by atoms with van der Waals surface area (Å²) >= 11 is 0.